The summed E-state index contributed by atoms with van der Waals surface area (Å²) < 4.78 is 10.6. The monoisotopic (exact) mass is 359 g/mol. The van der Waals surface area contributed by atoms with Crippen molar-refractivity contribution in [2.45, 2.75) is 32.4 Å². The first-order valence-electron chi connectivity index (χ1n) is 8.53. The van der Waals surface area contributed by atoms with Crippen molar-refractivity contribution in [2.75, 3.05) is 18.5 Å². The minimum absolute atomic E-state index is 0.138. The number of carbonyl (C=O) groups is 2. The van der Waals surface area contributed by atoms with Crippen molar-refractivity contribution in [3.63, 3.8) is 0 Å². The van der Waals surface area contributed by atoms with Crippen molar-refractivity contribution in [1.82, 2.24) is 20.8 Å². The highest BCUT2D eigenvalue weighted by Gasteiger charge is 2.23. The maximum atomic E-state index is 12.0. The van der Waals surface area contributed by atoms with Gasteiger partial charge in [-0.15, -0.1) is 0 Å². The number of rotatable bonds is 6. The highest BCUT2D eigenvalue weighted by molar-refractivity contribution is 5.95. The molecule has 3 amide bonds. The summed E-state index contributed by atoms with van der Waals surface area (Å²) in [5, 5.41) is 11.9. The lowest BCUT2D eigenvalue weighted by Gasteiger charge is -2.07. The molecular formula is C17H21N5O4. The molecule has 2 heterocycles. The molecule has 3 N–H and O–H groups in total. The first-order chi connectivity index (χ1) is 12.7. The third-order valence-electron chi connectivity index (χ3n) is 3.84. The SMILES string of the molecule is CCNC(=O)c1ccc(NC(=O)NCc2noc([C@H]3CCCO3)n2)cc1. The predicted molar refractivity (Wildman–Crippen MR) is 92.5 cm³/mol. The number of benzene rings is 1. The van der Waals surface area contributed by atoms with E-state index in [0.717, 1.165) is 12.8 Å². The summed E-state index contributed by atoms with van der Waals surface area (Å²) in [5.74, 6) is 0.681. The van der Waals surface area contributed by atoms with Crippen molar-refractivity contribution in [3.05, 3.63) is 41.5 Å². The summed E-state index contributed by atoms with van der Waals surface area (Å²) >= 11 is 0. The van der Waals surface area contributed by atoms with Crippen LogP contribution in [0.3, 0.4) is 0 Å². The molecule has 0 bridgehead atoms. The van der Waals surface area contributed by atoms with Crippen LogP contribution in [0.4, 0.5) is 10.5 Å². The number of urea groups is 1. The largest absolute Gasteiger partial charge is 0.368 e. The van der Waals surface area contributed by atoms with E-state index in [-0.39, 0.29) is 18.6 Å². The molecule has 0 unspecified atom stereocenters. The zero-order valence-corrected chi connectivity index (χ0v) is 14.4. The fourth-order valence-corrected chi connectivity index (χ4v) is 2.54. The van der Waals surface area contributed by atoms with Gasteiger partial charge >= 0.3 is 6.03 Å². The van der Waals surface area contributed by atoms with Gasteiger partial charge < -0.3 is 25.2 Å². The second-order valence-electron chi connectivity index (χ2n) is 5.79. The van der Waals surface area contributed by atoms with Gasteiger partial charge in [-0.25, -0.2) is 4.79 Å². The maximum absolute atomic E-state index is 12.0. The Kier molecular flexibility index (Phi) is 5.80. The highest BCUT2D eigenvalue weighted by atomic mass is 16.5. The van der Waals surface area contributed by atoms with E-state index in [0.29, 0.717) is 36.1 Å². The van der Waals surface area contributed by atoms with Gasteiger partial charge in [0.25, 0.3) is 11.8 Å². The number of hydrogen-bond donors (Lipinski definition) is 3. The van der Waals surface area contributed by atoms with Gasteiger partial charge in [-0.1, -0.05) is 5.16 Å². The quantitative estimate of drug-likeness (QED) is 0.726. The number of aromatic nitrogens is 2. The van der Waals surface area contributed by atoms with Gasteiger partial charge in [0, 0.05) is 24.4 Å². The molecule has 26 heavy (non-hydrogen) atoms. The number of carbonyl (C=O) groups excluding carboxylic acids is 2. The summed E-state index contributed by atoms with van der Waals surface area (Å²) in [6.45, 7) is 3.25. The minimum Gasteiger partial charge on any atom is -0.368 e. The van der Waals surface area contributed by atoms with E-state index in [9.17, 15) is 9.59 Å². The number of hydrogen-bond acceptors (Lipinski definition) is 6. The summed E-state index contributed by atoms with van der Waals surface area (Å²) in [4.78, 5) is 27.9. The van der Waals surface area contributed by atoms with Gasteiger partial charge in [0.2, 0.25) is 0 Å². The van der Waals surface area contributed by atoms with Crippen LogP contribution in [-0.2, 0) is 11.3 Å². The second kappa shape index (κ2) is 8.43. The summed E-state index contributed by atoms with van der Waals surface area (Å²) in [6, 6.07) is 6.21. The molecule has 138 valence electrons. The van der Waals surface area contributed by atoms with E-state index in [2.05, 4.69) is 26.1 Å². The lowest BCUT2D eigenvalue weighted by Crippen LogP contribution is -2.28. The third kappa shape index (κ3) is 4.57. The molecule has 1 saturated heterocycles. The van der Waals surface area contributed by atoms with Crippen LogP contribution in [0.15, 0.2) is 28.8 Å². The first kappa shape index (κ1) is 17.9. The molecule has 9 nitrogen and oxygen atoms in total. The molecule has 1 atom stereocenters. The third-order valence-corrected chi connectivity index (χ3v) is 3.84. The van der Waals surface area contributed by atoms with Crippen LogP contribution >= 0.6 is 0 Å². The van der Waals surface area contributed by atoms with Gasteiger partial charge in [0.1, 0.15) is 6.10 Å². The molecule has 1 fully saturated rings. The average Bonchev–Trinajstić information content (AvgIpc) is 3.32. The Balaban J connectivity index is 1.47. The van der Waals surface area contributed by atoms with Crippen LogP contribution in [0.25, 0.3) is 0 Å². The smallest absolute Gasteiger partial charge is 0.319 e. The van der Waals surface area contributed by atoms with Crippen LogP contribution in [0.2, 0.25) is 0 Å². The van der Waals surface area contributed by atoms with Gasteiger partial charge in [0.05, 0.1) is 6.54 Å². The molecule has 1 aliphatic heterocycles. The molecule has 1 aromatic heterocycles. The van der Waals surface area contributed by atoms with Crippen molar-refractivity contribution in [3.8, 4) is 0 Å². The second-order valence-corrected chi connectivity index (χ2v) is 5.79. The number of ether oxygens (including phenoxy) is 1. The van der Waals surface area contributed by atoms with Crippen molar-refractivity contribution >= 4 is 17.6 Å². The molecular weight excluding hydrogens is 338 g/mol. The molecule has 0 spiro atoms. The van der Waals surface area contributed by atoms with E-state index in [4.69, 9.17) is 9.26 Å². The van der Waals surface area contributed by atoms with Crippen LogP contribution in [0.1, 0.15) is 47.9 Å². The number of anilines is 1. The van der Waals surface area contributed by atoms with Gasteiger partial charge in [0.15, 0.2) is 5.82 Å². The van der Waals surface area contributed by atoms with E-state index >= 15 is 0 Å². The molecule has 2 aromatic rings. The number of nitrogens with one attached hydrogen (secondary N) is 3. The molecule has 1 aliphatic rings. The van der Waals surface area contributed by atoms with E-state index < -0.39 is 6.03 Å². The van der Waals surface area contributed by atoms with Gasteiger partial charge in [-0.05, 0) is 44.0 Å². The summed E-state index contributed by atoms with van der Waals surface area (Å²) in [6.07, 6.45) is 1.69. The Hall–Kier alpha value is -2.94. The first-order valence-corrected chi connectivity index (χ1v) is 8.53. The minimum atomic E-state index is -0.403. The molecule has 0 aliphatic carbocycles. The normalized spacial score (nSPS) is 16.3. The van der Waals surface area contributed by atoms with Gasteiger partial charge in [-0.2, -0.15) is 4.98 Å². The fourth-order valence-electron chi connectivity index (χ4n) is 2.54. The lowest BCUT2D eigenvalue weighted by molar-refractivity contribution is 0.0835. The Morgan fingerprint density at radius 2 is 2.04 bits per heavy atom. The van der Waals surface area contributed by atoms with Crippen molar-refractivity contribution in [2.24, 2.45) is 0 Å². The zero-order valence-electron chi connectivity index (χ0n) is 14.4. The van der Waals surface area contributed by atoms with Crippen molar-refractivity contribution in [1.29, 1.82) is 0 Å². The topological polar surface area (TPSA) is 118 Å². The predicted octanol–water partition coefficient (Wildman–Crippen LogP) is 1.99. The average molecular weight is 359 g/mol. The van der Waals surface area contributed by atoms with Crippen LogP contribution in [-0.4, -0.2) is 35.2 Å². The molecule has 9 heteroatoms. The fraction of sp³-hybridized carbons (Fsp3) is 0.412. The van der Waals surface area contributed by atoms with E-state index in [1.807, 2.05) is 6.92 Å². The summed E-state index contributed by atoms with van der Waals surface area (Å²) in [7, 11) is 0. The standard InChI is InChI=1S/C17H21N5O4/c1-2-18-15(23)11-5-7-12(8-6-11)20-17(24)19-10-14-21-16(26-22-14)13-4-3-9-25-13/h5-8,13H,2-4,9-10H2,1H3,(H,18,23)(H2,19,20,24)/t13-/m1/s1. The molecule has 0 saturated carbocycles. The lowest BCUT2D eigenvalue weighted by atomic mass is 10.2. The Labute approximate surface area is 150 Å². The molecule has 3 rings (SSSR count). The molecule has 1 aromatic carbocycles. The Morgan fingerprint density at radius 1 is 1.23 bits per heavy atom. The molecule has 0 radical (unpaired) electrons. The Morgan fingerprint density at radius 3 is 2.73 bits per heavy atom. The Bertz CT molecular complexity index is 753. The van der Waals surface area contributed by atoms with Crippen LogP contribution in [0, 0.1) is 0 Å². The summed E-state index contributed by atoms with van der Waals surface area (Å²) in [5.41, 5.74) is 1.11. The van der Waals surface area contributed by atoms with Crippen LogP contribution < -0.4 is 16.0 Å². The van der Waals surface area contributed by atoms with E-state index in [1.165, 1.54) is 0 Å². The van der Waals surface area contributed by atoms with Gasteiger partial charge in [-0.3, -0.25) is 4.79 Å². The highest BCUT2D eigenvalue weighted by Crippen LogP contribution is 2.26. The van der Waals surface area contributed by atoms with Crippen molar-refractivity contribution < 1.29 is 18.8 Å². The number of nitrogens with zero attached hydrogens (tertiary/aromatic N) is 2. The van der Waals surface area contributed by atoms with E-state index in [1.54, 1.807) is 24.3 Å². The number of amides is 3. The van der Waals surface area contributed by atoms with Crippen LogP contribution in [0.5, 0.6) is 0 Å². The maximum Gasteiger partial charge on any atom is 0.319 e. The zero-order chi connectivity index (χ0) is 18.4.